The number of tetrazole rings is 1. The van der Waals surface area contributed by atoms with E-state index in [0.717, 1.165) is 0 Å². The molecule has 0 radical (unpaired) electrons. The number of H-pyrrole nitrogens is 1. The molecule has 0 bridgehead atoms. The highest BCUT2D eigenvalue weighted by Crippen LogP contribution is 2.37. The third-order valence-electron chi connectivity index (χ3n) is 4.14. The van der Waals surface area contributed by atoms with Gasteiger partial charge in [-0.15, -0.1) is 0 Å². The van der Waals surface area contributed by atoms with Gasteiger partial charge in [0.2, 0.25) is 4.77 Å². The molecule has 0 amide bonds. The molecule has 8 heteroatoms. The minimum Gasteiger partial charge on any atom is -0.547 e. The maximum Gasteiger partial charge on any atom is 0.242 e. The summed E-state index contributed by atoms with van der Waals surface area (Å²) in [5.41, 5.74) is 0.976. The van der Waals surface area contributed by atoms with E-state index < -0.39 is 12.1 Å². The summed E-state index contributed by atoms with van der Waals surface area (Å²) in [4.78, 5) is 11.3. The van der Waals surface area contributed by atoms with Gasteiger partial charge in [-0.05, 0) is 23.0 Å². The normalized spacial score (nSPS) is 12.5. The molecule has 1 atom stereocenters. The Bertz CT molecular complexity index is 1120. The first-order valence-corrected chi connectivity index (χ1v) is 7.83. The summed E-state index contributed by atoms with van der Waals surface area (Å²) in [6.45, 7) is 0. The van der Waals surface area contributed by atoms with Crippen LogP contribution in [0.2, 0.25) is 0 Å². The number of aliphatic hydroxyl groups excluding tert-OH is 1. The van der Waals surface area contributed by atoms with Crippen LogP contribution in [-0.4, -0.2) is 31.3 Å². The lowest BCUT2D eigenvalue weighted by Gasteiger charge is -2.20. The lowest BCUT2D eigenvalue weighted by atomic mass is 9.92. The Labute approximate surface area is 146 Å². The molecule has 0 aliphatic carbocycles. The van der Waals surface area contributed by atoms with Crippen molar-refractivity contribution in [1.29, 1.82) is 0 Å². The Morgan fingerprint density at radius 3 is 2.04 bits per heavy atom. The molecule has 0 spiro atoms. The first-order chi connectivity index (χ1) is 12.1. The Hall–Kier alpha value is -3.10. The minimum atomic E-state index is -1.75. The number of aromatic nitrogens is 4. The van der Waals surface area contributed by atoms with Crippen molar-refractivity contribution < 1.29 is 15.0 Å². The van der Waals surface area contributed by atoms with Gasteiger partial charge >= 0.3 is 0 Å². The van der Waals surface area contributed by atoms with Gasteiger partial charge in [-0.2, -0.15) is 5.21 Å². The van der Waals surface area contributed by atoms with Crippen LogP contribution in [0.5, 0.6) is 0 Å². The molecule has 1 unspecified atom stereocenters. The van der Waals surface area contributed by atoms with Crippen molar-refractivity contribution in [1.82, 2.24) is 20.2 Å². The molecule has 0 fully saturated rings. The molecule has 0 saturated heterocycles. The van der Waals surface area contributed by atoms with Crippen molar-refractivity contribution in [3.63, 3.8) is 0 Å². The maximum absolute atomic E-state index is 11.3. The average molecular weight is 351 g/mol. The van der Waals surface area contributed by atoms with Crippen LogP contribution < -0.4 is 5.11 Å². The van der Waals surface area contributed by atoms with E-state index in [9.17, 15) is 15.0 Å². The molecule has 4 aromatic rings. The summed E-state index contributed by atoms with van der Waals surface area (Å²) in [6, 6.07) is 14.3. The number of hydrogen-bond donors (Lipinski definition) is 2. The number of aliphatic hydroxyl groups is 1. The summed E-state index contributed by atoms with van der Waals surface area (Å²) in [5.74, 6) is -1.55. The molecule has 0 aliphatic heterocycles. The van der Waals surface area contributed by atoms with E-state index in [-0.39, 0.29) is 10.3 Å². The number of nitrogens with zero attached hydrogens (tertiary/aromatic N) is 3. The number of carbonyl (C=O) groups is 1. The Morgan fingerprint density at radius 1 is 1.08 bits per heavy atom. The second kappa shape index (κ2) is 5.76. The smallest absolute Gasteiger partial charge is 0.242 e. The van der Waals surface area contributed by atoms with E-state index in [0.29, 0.717) is 27.2 Å². The molecule has 3 aromatic carbocycles. The number of benzene rings is 3. The van der Waals surface area contributed by atoms with Gasteiger partial charge in [-0.25, -0.2) is 4.68 Å². The third-order valence-corrected chi connectivity index (χ3v) is 4.40. The van der Waals surface area contributed by atoms with Crippen molar-refractivity contribution >= 4 is 39.7 Å². The van der Waals surface area contributed by atoms with Gasteiger partial charge in [0.25, 0.3) is 0 Å². The van der Waals surface area contributed by atoms with Crippen LogP contribution in [0.1, 0.15) is 11.7 Å². The Balaban J connectivity index is 2.28. The van der Waals surface area contributed by atoms with Gasteiger partial charge in [0.05, 0.1) is 11.7 Å². The van der Waals surface area contributed by atoms with E-state index >= 15 is 0 Å². The van der Waals surface area contributed by atoms with Gasteiger partial charge in [0, 0.05) is 16.3 Å². The number of carboxylic acid groups (broad SMARTS) is 1. The highest BCUT2D eigenvalue weighted by atomic mass is 32.1. The van der Waals surface area contributed by atoms with E-state index in [4.69, 9.17) is 12.2 Å². The van der Waals surface area contributed by atoms with Gasteiger partial charge in [0.1, 0.15) is 6.10 Å². The highest BCUT2D eigenvalue weighted by Gasteiger charge is 2.21. The zero-order chi connectivity index (χ0) is 17.6. The van der Waals surface area contributed by atoms with Crippen LogP contribution in [0.25, 0.3) is 27.2 Å². The zero-order valence-corrected chi connectivity index (χ0v) is 13.5. The van der Waals surface area contributed by atoms with Crippen molar-refractivity contribution in [2.24, 2.45) is 0 Å². The Morgan fingerprint density at radius 2 is 1.60 bits per heavy atom. The predicted molar refractivity (Wildman–Crippen MR) is 91.5 cm³/mol. The van der Waals surface area contributed by atoms with Crippen molar-refractivity contribution in [2.75, 3.05) is 0 Å². The van der Waals surface area contributed by atoms with Crippen LogP contribution in [0.3, 0.4) is 0 Å². The average Bonchev–Trinajstić information content (AvgIpc) is 3.04. The fourth-order valence-electron chi connectivity index (χ4n) is 3.14. The summed E-state index contributed by atoms with van der Waals surface area (Å²) in [7, 11) is 0. The molecule has 1 aromatic heterocycles. The largest absolute Gasteiger partial charge is 0.547 e. The van der Waals surface area contributed by atoms with Crippen LogP contribution >= 0.6 is 12.2 Å². The molecule has 4 rings (SSSR count). The molecular formula is C17H11N4O3S-. The number of hydrogen-bond acceptors (Lipinski definition) is 6. The van der Waals surface area contributed by atoms with Gasteiger partial charge in [-0.3, -0.25) is 0 Å². The lowest BCUT2D eigenvalue weighted by molar-refractivity contribution is -0.315. The Kier molecular flexibility index (Phi) is 3.56. The number of aliphatic carboxylic acids is 1. The van der Waals surface area contributed by atoms with Crippen LogP contribution in [-0.2, 0) is 4.79 Å². The lowest BCUT2D eigenvalue weighted by Crippen LogP contribution is -2.29. The number of fused-ring (bicyclic) bond motifs is 2. The molecule has 0 aliphatic rings. The number of rotatable bonds is 3. The van der Waals surface area contributed by atoms with E-state index in [2.05, 4.69) is 15.5 Å². The molecule has 2 N–H and O–H groups in total. The van der Waals surface area contributed by atoms with E-state index in [1.807, 2.05) is 24.3 Å². The fraction of sp³-hybridized carbons (Fsp3) is 0.0588. The first-order valence-electron chi connectivity index (χ1n) is 7.42. The third kappa shape index (κ3) is 2.31. The van der Waals surface area contributed by atoms with Crippen molar-refractivity contribution in [3.8, 4) is 5.69 Å². The minimum absolute atomic E-state index is 0.239. The summed E-state index contributed by atoms with van der Waals surface area (Å²) >= 11 is 5.22. The first kappa shape index (κ1) is 15.4. The molecular weight excluding hydrogens is 340 g/mol. The van der Waals surface area contributed by atoms with E-state index in [1.165, 1.54) is 0 Å². The monoisotopic (exact) mass is 351 g/mol. The second-order valence-corrected chi connectivity index (χ2v) is 5.86. The summed E-state index contributed by atoms with van der Waals surface area (Å²) in [6.07, 6.45) is -1.75. The van der Waals surface area contributed by atoms with Gasteiger partial charge in [0.15, 0.2) is 0 Å². The number of aromatic amines is 1. The van der Waals surface area contributed by atoms with Crippen LogP contribution in [0.4, 0.5) is 0 Å². The molecule has 7 nitrogen and oxygen atoms in total. The maximum atomic E-state index is 11.3. The molecule has 0 saturated carbocycles. The summed E-state index contributed by atoms with van der Waals surface area (Å²) in [5, 5.41) is 34.5. The molecule has 124 valence electrons. The second-order valence-electron chi connectivity index (χ2n) is 5.49. The number of carboxylic acids is 1. The summed E-state index contributed by atoms with van der Waals surface area (Å²) < 4.78 is 1.79. The number of carbonyl (C=O) groups excluding carboxylic acids is 1. The van der Waals surface area contributed by atoms with Crippen LogP contribution in [0.15, 0.2) is 48.5 Å². The van der Waals surface area contributed by atoms with Gasteiger partial charge in [-0.1, -0.05) is 58.8 Å². The quantitative estimate of drug-likeness (QED) is 0.427. The zero-order valence-electron chi connectivity index (χ0n) is 12.7. The van der Waals surface area contributed by atoms with Gasteiger partial charge < -0.3 is 15.0 Å². The van der Waals surface area contributed by atoms with Crippen LogP contribution in [0, 0.1) is 4.77 Å². The molecule has 25 heavy (non-hydrogen) atoms. The molecule has 1 heterocycles. The predicted octanol–water partition coefficient (Wildman–Crippen LogP) is 1.41. The van der Waals surface area contributed by atoms with Crippen molar-refractivity contribution in [3.05, 3.63) is 58.9 Å². The van der Waals surface area contributed by atoms with Crippen molar-refractivity contribution in [2.45, 2.75) is 6.10 Å². The standard InChI is InChI=1S/C17H12N4O3S/c22-15(16(23)24)13-9-5-1-3-7-11(9)14(21-17(25)18-19-20-21)12-8-4-2-6-10(12)13/h1-8,15,22H,(H,23,24)(H,18,20,25)/p-1. The topological polar surface area (TPSA) is 107 Å². The van der Waals surface area contributed by atoms with E-state index in [1.54, 1.807) is 28.9 Å². The SMILES string of the molecule is O=C([O-])C(O)c1c2ccccc2c(-n2[nH]nnc2=S)c2ccccc12. The highest BCUT2D eigenvalue weighted by molar-refractivity contribution is 7.71. The fourth-order valence-corrected chi connectivity index (χ4v) is 3.31. The number of nitrogens with one attached hydrogen (secondary N) is 1.